The molecule has 6 nitrogen and oxygen atoms in total. The Balaban J connectivity index is 1.94. The van der Waals surface area contributed by atoms with Gasteiger partial charge in [0.15, 0.2) is 0 Å². The molecule has 1 aromatic heterocycles. The zero-order valence-electron chi connectivity index (χ0n) is 11.5. The number of amides is 1. The second-order valence-electron chi connectivity index (χ2n) is 5.50. The standard InChI is InChI=1S/C12H14F3N3O3S/c13-12(14,15)22(20,21)18-10-6-9(4-3-8(10)7-16-18)17-5-1-2-11(17)19/h7,9H,1-6H2. The molecule has 22 heavy (non-hydrogen) atoms. The van der Waals surface area contributed by atoms with Crippen LogP contribution in [0.3, 0.4) is 0 Å². The van der Waals surface area contributed by atoms with Crippen molar-refractivity contribution in [1.82, 2.24) is 14.1 Å². The third-order valence-electron chi connectivity index (χ3n) is 4.17. The Labute approximate surface area is 124 Å². The molecule has 0 aromatic carbocycles. The van der Waals surface area contributed by atoms with Crippen LogP contribution >= 0.6 is 0 Å². The van der Waals surface area contributed by atoms with Gasteiger partial charge in [0, 0.05) is 25.4 Å². The predicted molar refractivity (Wildman–Crippen MR) is 69.4 cm³/mol. The Hall–Kier alpha value is -1.58. The van der Waals surface area contributed by atoms with Crippen molar-refractivity contribution in [3.63, 3.8) is 0 Å². The van der Waals surface area contributed by atoms with Crippen molar-refractivity contribution in [2.75, 3.05) is 6.54 Å². The third kappa shape index (κ3) is 2.29. The largest absolute Gasteiger partial charge is 0.518 e. The van der Waals surface area contributed by atoms with Crippen LogP contribution in [0, 0.1) is 0 Å². The molecule has 1 fully saturated rings. The van der Waals surface area contributed by atoms with Gasteiger partial charge < -0.3 is 4.90 Å². The number of rotatable bonds is 2. The molecule has 0 bridgehead atoms. The molecule has 1 aromatic rings. The number of halogens is 3. The molecule has 0 N–H and O–H groups in total. The van der Waals surface area contributed by atoms with Gasteiger partial charge in [-0.3, -0.25) is 4.79 Å². The minimum Gasteiger partial charge on any atom is -0.339 e. The fourth-order valence-corrected chi connectivity index (χ4v) is 3.93. The summed E-state index contributed by atoms with van der Waals surface area (Å²) in [5, 5.41) is 3.42. The number of nitrogens with zero attached hydrogens (tertiary/aromatic N) is 3. The van der Waals surface area contributed by atoms with Gasteiger partial charge in [0.05, 0.1) is 11.9 Å². The predicted octanol–water partition coefficient (Wildman–Crippen LogP) is 1.06. The average Bonchev–Trinajstić information content (AvgIpc) is 3.02. The average molecular weight is 337 g/mol. The van der Waals surface area contributed by atoms with Crippen LogP contribution in [-0.2, 0) is 27.7 Å². The molecular formula is C12H14F3N3O3S. The van der Waals surface area contributed by atoms with Crippen LogP contribution in [-0.4, -0.2) is 46.5 Å². The lowest BCUT2D eigenvalue weighted by molar-refractivity contribution is -0.129. The molecular weight excluding hydrogens is 323 g/mol. The third-order valence-corrected chi connectivity index (χ3v) is 5.52. The lowest BCUT2D eigenvalue weighted by Crippen LogP contribution is -2.41. The minimum atomic E-state index is -5.53. The lowest BCUT2D eigenvalue weighted by Gasteiger charge is -2.31. The second-order valence-corrected chi connectivity index (χ2v) is 7.26. The topological polar surface area (TPSA) is 72.3 Å². The number of fused-ring (bicyclic) bond motifs is 1. The molecule has 0 spiro atoms. The summed E-state index contributed by atoms with van der Waals surface area (Å²) in [7, 11) is -5.53. The number of aryl methyl sites for hydroxylation is 1. The van der Waals surface area contributed by atoms with E-state index in [-0.39, 0.29) is 28.2 Å². The molecule has 122 valence electrons. The second kappa shape index (κ2) is 4.97. The molecule has 1 aliphatic carbocycles. The van der Waals surface area contributed by atoms with Crippen LogP contribution in [0.1, 0.15) is 30.5 Å². The van der Waals surface area contributed by atoms with E-state index in [1.807, 2.05) is 0 Å². The number of likely N-dealkylation sites (tertiary alicyclic amines) is 1. The van der Waals surface area contributed by atoms with Crippen LogP contribution in [0.25, 0.3) is 0 Å². The van der Waals surface area contributed by atoms with E-state index >= 15 is 0 Å². The van der Waals surface area contributed by atoms with E-state index in [9.17, 15) is 26.4 Å². The number of carbonyl (C=O) groups is 1. The maximum Gasteiger partial charge on any atom is 0.518 e. The van der Waals surface area contributed by atoms with Crippen molar-refractivity contribution < 1.29 is 26.4 Å². The van der Waals surface area contributed by atoms with Crippen molar-refractivity contribution in [1.29, 1.82) is 0 Å². The van der Waals surface area contributed by atoms with Gasteiger partial charge in [-0.15, -0.1) is 0 Å². The van der Waals surface area contributed by atoms with Gasteiger partial charge in [0.25, 0.3) is 0 Å². The zero-order valence-corrected chi connectivity index (χ0v) is 12.3. The van der Waals surface area contributed by atoms with Gasteiger partial charge in [-0.1, -0.05) is 0 Å². The number of alkyl halides is 3. The molecule has 2 aliphatic rings. The van der Waals surface area contributed by atoms with Gasteiger partial charge in [0.2, 0.25) is 5.91 Å². The Morgan fingerprint density at radius 2 is 2.00 bits per heavy atom. The fraction of sp³-hybridized carbons (Fsp3) is 0.667. The highest BCUT2D eigenvalue weighted by atomic mass is 32.2. The Morgan fingerprint density at radius 1 is 1.27 bits per heavy atom. The van der Waals surface area contributed by atoms with Crippen molar-refractivity contribution in [2.24, 2.45) is 0 Å². The highest BCUT2D eigenvalue weighted by Crippen LogP contribution is 2.31. The molecule has 1 atom stereocenters. The van der Waals surface area contributed by atoms with E-state index < -0.39 is 15.5 Å². The number of carbonyl (C=O) groups excluding carboxylic acids is 1. The summed E-state index contributed by atoms with van der Waals surface area (Å²) in [5.74, 6) is -0.0295. The summed E-state index contributed by atoms with van der Waals surface area (Å²) in [6, 6.07) is -0.263. The van der Waals surface area contributed by atoms with Gasteiger partial charge in [-0.2, -0.15) is 30.8 Å². The number of aromatic nitrogens is 2. The van der Waals surface area contributed by atoms with E-state index in [0.29, 0.717) is 31.4 Å². The first kappa shape index (κ1) is 15.3. The molecule has 0 radical (unpaired) electrons. The zero-order chi connectivity index (χ0) is 16.1. The van der Waals surface area contributed by atoms with Crippen LogP contribution in [0.2, 0.25) is 0 Å². The summed E-state index contributed by atoms with van der Waals surface area (Å²) >= 11 is 0. The van der Waals surface area contributed by atoms with Crippen molar-refractivity contribution in [3.05, 3.63) is 17.5 Å². The molecule has 1 amide bonds. The van der Waals surface area contributed by atoms with Crippen molar-refractivity contribution in [2.45, 2.75) is 43.7 Å². The van der Waals surface area contributed by atoms with Crippen LogP contribution in [0.4, 0.5) is 13.2 Å². The quantitative estimate of drug-likeness (QED) is 0.809. The fourth-order valence-electron chi connectivity index (χ4n) is 3.08. The molecule has 3 rings (SSSR count). The summed E-state index contributed by atoms with van der Waals surface area (Å²) in [5.41, 5.74) is -4.87. The SMILES string of the molecule is O=C1CCCN1C1CCc2cnn(S(=O)(=O)C(F)(F)F)c2C1. The molecule has 1 saturated heterocycles. The first-order valence-electron chi connectivity index (χ1n) is 6.89. The van der Waals surface area contributed by atoms with Crippen LogP contribution in [0.15, 0.2) is 6.20 Å². The van der Waals surface area contributed by atoms with E-state index in [1.165, 1.54) is 6.20 Å². The molecule has 1 unspecified atom stereocenters. The number of hydrogen-bond acceptors (Lipinski definition) is 4. The first-order chi connectivity index (χ1) is 10.2. The van der Waals surface area contributed by atoms with Gasteiger partial charge in [-0.25, -0.2) is 0 Å². The van der Waals surface area contributed by atoms with E-state index in [1.54, 1.807) is 4.90 Å². The summed E-state index contributed by atoms with van der Waals surface area (Å²) < 4.78 is 61.4. The maximum atomic E-state index is 12.7. The molecule has 0 saturated carbocycles. The Bertz CT molecular complexity index is 711. The normalized spacial score (nSPS) is 23.0. The van der Waals surface area contributed by atoms with Gasteiger partial charge in [0.1, 0.15) is 0 Å². The first-order valence-corrected chi connectivity index (χ1v) is 8.33. The van der Waals surface area contributed by atoms with Crippen molar-refractivity contribution >= 4 is 15.9 Å². The van der Waals surface area contributed by atoms with E-state index in [0.717, 1.165) is 6.42 Å². The van der Waals surface area contributed by atoms with Crippen LogP contribution in [0.5, 0.6) is 0 Å². The van der Waals surface area contributed by atoms with Gasteiger partial charge >= 0.3 is 15.5 Å². The summed E-state index contributed by atoms with van der Waals surface area (Å²) in [6.07, 6.45) is 3.43. The van der Waals surface area contributed by atoms with Crippen LogP contribution < -0.4 is 0 Å². The molecule has 10 heteroatoms. The van der Waals surface area contributed by atoms with E-state index in [4.69, 9.17) is 0 Å². The maximum absolute atomic E-state index is 12.7. The smallest absolute Gasteiger partial charge is 0.339 e. The van der Waals surface area contributed by atoms with Crippen molar-refractivity contribution in [3.8, 4) is 0 Å². The lowest BCUT2D eigenvalue weighted by atomic mass is 9.93. The van der Waals surface area contributed by atoms with E-state index in [2.05, 4.69) is 5.10 Å². The monoisotopic (exact) mass is 337 g/mol. The Morgan fingerprint density at radius 3 is 2.59 bits per heavy atom. The highest BCUT2D eigenvalue weighted by Gasteiger charge is 2.49. The molecule has 1 aliphatic heterocycles. The molecule has 2 heterocycles. The number of hydrogen-bond donors (Lipinski definition) is 0. The minimum absolute atomic E-state index is 0.0295. The summed E-state index contributed by atoms with van der Waals surface area (Å²) in [6.45, 7) is 0.568. The summed E-state index contributed by atoms with van der Waals surface area (Å²) in [4.78, 5) is 13.4. The Kier molecular flexibility index (Phi) is 3.46. The highest BCUT2D eigenvalue weighted by molar-refractivity contribution is 7.90. The van der Waals surface area contributed by atoms with Gasteiger partial charge in [-0.05, 0) is 24.8 Å².